The molecule has 6 heteroatoms. The van der Waals surface area contributed by atoms with Crippen molar-refractivity contribution in [3.63, 3.8) is 0 Å². The first-order valence-electron chi connectivity index (χ1n) is 5.54. The Morgan fingerprint density at radius 1 is 1.20 bits per heavy atom. The van der Waals surface area contributed by atoms with E-state index in [1.807, 2.05) is 0 Å². The van der Waals surface area contributed by atoms with Gasteiger partial charge in [0.05, 0.1) is 7.11 Å². The molecule has 1 unspecified atom stereocenters. The molecule has 0 aliphatic rings. The second-order valence-electron chi connectivity index (χ2n) is 3.63. The van der Waals surface area contributed by atoms with Crippen LogP contribution < -0.4 is 4.74 Å². The summed E-state index contributed by atoms with van der Waals surface area (Å²) < 4.78 is 9.42. The topological polar surface area (TPSA) is 86.7 Å². The average Bonchev–Trinajstić information content (AvgIpc) is 2.50. The number of hydrogen-bond acceptors (Lipinski definition) is 6. The number of esters is 1. The summed E-state index contributed by atoms with van der Waals surface area (Å²) >= 11 is 0. The number of ether oxygens (including phenoxy) is 2. The van der Waals surface area contributed by atoms with Gasteiger partial charge in [0.2, 0.25) is 11.9 Å². The van der Waals surface area contributed by atoms with E-state index in [0.29, 0.717) is 5.75 Å². The van der Waals surface area contributed by atoms with Gasteiger partial charge < -0.3 is 9.47 Å². The van der Waals surface area contributed by atoms with Crippen LogP contribution in [0.5, 0.6) is 5.75 Å². The molecule has 1 aromatic rings. The van der Waals surface area contributed by atoms with Crippen LogP contribution in [-0.2, 0) is 19.1 Å². The number of aldehydes is 1. The number of hydrogen-bond donors (Lipinski definition) is 0. The molecule has 0 spiro atoms. The molecule has 1 rings (SSSR count). The molecule has 0 aromatic heterocycles. The first kappa shape index (κ1) is 15.3. The molecule has 104 valence electrons. The van der Waals surface area contributed by atoms with Gasteiger partial charge >= 0.3 is 5.97 Å². The van der Waals surface area contributed by atoms with Crippen LogP contribution in [0.2, 0.25) is 0 Å². The molecule has 0 aliphatic heterocycles. The minimum absolute atomic E-state index is 0.0616. The number of benzene rings is 1. The SMILES string of the molecule is C=CC(=O)C(C=O)OC(=O)C(=O)c1ccc(OC)cc1. The zero-order valence-corrected chi connectivity index (χ0v) is 10.7. The summed E-state index contributed by atoms with van der Waals surface area (Å²) in [7, 11) is 1.46. The van der Waals surface area contributed by atoms with Gasteiger partial charge in [-0.15, -0.1) is 0 Å². The lowest BCUT2D eigenvalue weighted by atomic mass is 10.1. The van der Waals surface area contributed by atoms with E-state index in [2.05, 4.69) is 11.3 Å². The van der Waals surface area contributed by atoms with E-state index in [0.717, 1.165) is 6.08 Å². The highest BCUT2D eigenvalue weighted by Crippen LogP contribution is 2.12. The van der Waals surface area contributed by atoms with Crippen molar-refractivity contribution in [3.05, 3.63) is 42.5 Å². The number of rotatable bonds is 7. The van der Waals surface area contributed by atoms with Crippen LogP contribution in [0.15, 0.2) is 36.9 Å². The molecule has 6 nitrogen and oxygen atoms in total. The number of methoxy groups -OCH3 is 1. The van der Waals surface area contributed by atoms with Crippen molar-refractivity contribution < 1.29 is 28.7 Å². The minimum Gasteiger partial charge on any atom is -0.497 e. The third kappa shape index (κ3) is 3.61. The summed E-state index contributed by atoms with van der Waals surface area (Å²) in [5.74, 6) is -2.53. The van der Waals surface area contributed by atoms with Gasteiger partial charge in [0.1, 0.15) is 5.75 Å². The molecule has 1 atom stereocenters. The van der Waals surface area contributed by atoms with Gasteiger partial charge in [-0.1, -0.05) is 6.58 Å². The Morgan fingerprint density at radius 2 is 1.80 bits per heavy atom. The normalized spacial score (nSPS) is 11.1. The highest BCUT2D eigenvalue weighted by Gasteiger charge is 2.25. The maximum absolute atomic E-state index is 11.7. The summed E-state index contributed by atoms with van der Waals surface area (Å²) in [5.41, 5.74) is 0.0616. The lowest BCUT2D eigenvalue weighted by Gasteiger charge is -2.08. The van der Waals surface area contributed by atoms with E-state index in [-0.39, 0.29) is 11.8 Å². The standard InChI is InChI=1S/C14H12O6/c1-3-11(16)12(8-15)20-14(18)13(17)9-4-6-10(19-2)7-5-9/h3-8,12H,1H2,2H3. The van der Waals surface area contributed by atoms with Crippen LogP contribution in [0.3, 0.4) is 0 Å². The van der Waals surface area contributed by atoms with E-state index >= 15 is 0 Å². The lowest BCUT2D eigenvalue weighted by molar-refractivity contribution is -0.151. The van der Waals surface area contributed by atoms with E-state index in [1.165, 1.54) is 31.4 Å². The zero-order chi connectivity index (χ0) is 15.1. The predicted octanol–water partition coefficient (Wildman–Crippen LogP) is 0.744. The largest absolute Gasteiger partial charge is 0.497 e. The number of ketones is 2. The molecule has 0 N–H and O–H groups in total. The van der Waals surface area contributed by atoms with E-state index in [9.17, 15) is 19.2 Å². The van der Waals surface area contributed by atoms with E-state index < -0.39 is 23.6 Å². The van der Waals surface area contributed by atoms with Gasteiger partial charge in [-0.3, -0.25) is 14.4 Å². The van der Waals surface area contributed by atoms with Gasteiger partial charge in [-0.25, -0.2) is 4.79 Å². The Hall–Kier alpha value is -2.76. The van der Waals surface area contributed by atoms with Crippen molar-refractivity contribution in [2.24, 2.45) is 0 Å². The monoisotopic (exact) mass is 276 g/mol. The molecular weight excluding hydrogens is 264 g/mol. The number of carbonyl (C=O) groups excluding carboxylic acids is 4. The van der Waals surface area contributed by atoms with Gasteiger partial charge in [-0.05, 0) is 30.3 Å². The third-order valence-electron chi connectivity index (χ3n) is 2.38. The van der Waals surface area contributed by atoms with E-state index in [1.54, 1.807) is 0 Å². The van der Waals surface area contributed by atoms with Gasteiger partial charge in [0.25, 0.3) is 5.78 Å². The Morgan fingerprint density at radius 3 is 2.25 bits per heavy atom. The second-order valence-corrected chi connectivity index (χ2v) is 3.63. The Kier molecular flexibility index (Phi) is 5.34. The molecule has 0 bridgehead atoms. The van der Waals surface area contributed by atoms with Crippen LogP contribution in [0.1, 0.15) is 10.4 Å². The molecule has 0 aliphatic carbocycles. The van der Waals surface area contributed by atoms with Crippen molar-refractivity contribution in [1.82, 2.24) is 0 Å². The molecule has 0 amide bonds. The van der Waals surface area contributed by atoms with Crippen molar-refractivity contribution in [2.75, 3.05) is 7.11 Å². The Labute approximate surface area is 115 Å². The Balaban J connectivity index is 2.80. The molecule has 20 heavy (non-hydrogen) atoms. The van der Waals surface area contributed by atoms with Gasteiger partial charge in [0, 0.05) is 5.56 Å². The molecule has 0 fully saturated rings. The quantitative estimate of drug-likeness (QED) is 0.182. The van der Waals surface area contributed by atoms with Crippen LogP contribution in [0.4, 0.5) is 0 Å². The first-order valence-corrected chi connectivity index (χ1v) is 5.54. The third-order valence-corrected chi connectivity index (χ3v) is 2.38. The van der Waals surface area contributed by atoms with E-state index in [4.69, 9.17) is 4.74 Å². The summed E-state index contributed by atoms with van der Waals surface area (Å²) in [4.78, 5) is 45.1. The summed E-state index contributed by atoms with van der Waals surface area (Å²) in [6.45, 7) is 3.16. The number of Topliss-reactive ketones (excluding diaryl/α,β-unsaturated/α-hetero) is 1. The van der Waals surface area contributed by atoms with Crippen LogP contribution in [0, 0.1) is 0 Å². The van der Waals surface area contributed by atoms with Crippen molar-refractivity contribution in [2.45, 2.75) is 6.10 Å². The first-order chi connectivity index (χ1) is 9.53. The van der Waals surface area contributed by atoms with Gasteiger partial charge in [-0.2, -0.15) is 0 Å². The van der Waals surface area contributed by atoms with Crippen LogP contribution >= 0.6 is 0 Å². The van der Waals surface area contributed by atoms with Gasteiger partial charge in [0.15, 0.2) is 6.29 Å². The smallest absolute Gasteiger partial charge is 0.380 e. The highest BCUT2D eigenvalue weighted by molar-refractivity contribution is 6.41. The minimum atomic E-state index is -1.65. The molecular formula is C14H12O6. The zero-order valence-electron chi connectivity index (χ0n) is 10.7. The predicted molar refractivity (Wildman–Crippen MR) is 68.5 cm³/mol. The second kappa shape index (κ2) is 6.98. The van der Waals surface area contributed by atoms with Crippen molar-refractivity contribution >= 4 is 23.8 Å². The average molecular weight is 276 g/mol. The maximum Gasteiger partial charge on any atom is 0.380 e. The summed E-state index contributed by atoms with van der Waals surface area (Å²) in [5, 5.41) is 0. The fourth-order valence-corrected chi connectivity index (χ4v) is 1.30. The van der Waals surface area contributed by atoms with Crippen molar-refractivity contribution in [1.29, 1.82) is 0 Å². The highest BCUT2D eigenvalue weighted by atomic mass is 16.6. The summed E-state index contributed by atoms with van der Waals surface area (Å²) in [6.07, 6.45) is -0.685. The van der Waals surface area contributed by atoms with Crippen LogP contribution in [0.25, 0.3) is 0 Å². The number of carbonyl (C=O) groups is 4. The molecule has 0 saturated heterocycles. The lowest BCUT2D eigenvalue weighted by Crippen LogP contribution is -2.30. The maximum atomic E-state index is 11.7. The Bertz CT molecular complexity index is 543. The fraction of sp³-hybridized carbons (Fsp3) is 0.143. The molecule has 0 saturated carbocycles. The molecule has 1 aromatic carbocycles. The van der Waals surface area contributed by atoms with Crippen molar-refractivity contribution in [3.8, 4) is 5.75 Å². The van der Waals surface area contributed by atoms with Crippen LogP contribution in [-0.4, -0.2) is 37.0 Å². The molecule has 0 radical (unpaired) electrons. The summed E-state index contributed by atoms with van der Waals surface area (Å²) in [6, 6.07) is 5.72. The molecule has 0 heterocycles. The fourth-order valence-electron chi connectivity index (χ4n) is 1.30.